The zero-order valence-electron chi connectivity index (χ0n) is 9.08. The Morgan fingerprint density at radius 3 is 2.83 bits per heavy atom. The smallest absolute Gasteiger partial charge is 0.269 e. The van der Waals surface area contributed by atoms with Crippen LogP contribution in [0, 0.1) is 0 Å². The number of nitrogen functional groups attached to an aromatic ring is 1. The molecule has 2 aromatic heterocycles. The summed E-state index contributed by atoms with van der Waals surface area (Å²) in [5.74, 6) is -0.233. The number of fused-ring (bicyclic) bond motifs is 1. The Balaban J connectivity index is 1.86. The van der Waals surface area contributed by atoms with E-state index in [1.165, 1.54) is 17.5 Å². The minimum Gasteiger partial charge on any atom is -0.375 e. The van der Waals surface area contributed by atoms with Crippen molar-refractivity contribution in [2.45, 2.75) is 0 Å². The van der Waals surface area contributed by atoms with Gasteiger partial charge < -0.3 is 5.73 Å². The molecule has 5 nitrogen and oxygen atoms in total. The van der Waals surface area contributed by atoms with Crippen LogP contribution in [0.25, 0.3) is 10.2 Å². The molecule has 90 valence electrons. The first-order chi connectivity index (χ1) is 8.72. The molecule has 0 bridgehead atoms. The summed E-state index contributed by atoms with van der Waals surface area (Å²) >= 11 is 2.59. The first kappa shape index (κ1) is 11.1. The molecule has 0 radical (unpaired) electrons. The first-order valence-corrected chi connectivity index (χ1v) is 6.74. The minimum absolute atomic E-state index is 0.233. The highest BCUT2D eigenvalue weighted by Gasteiger charge is 2.12. The molecule has 1 amide bonds. The third-order valence-electron chi connectivity index (χ3n) is 2.26. The lowest BCUT2D eigenvalue weighted by Crippen LogP contribution is -2.09. The number of carbonyl (C=O) groups excluding carboxylic acids is 1. The van der Waals surface area contributed by atoms with Crippen molar-refractivity contribution in [3.63, 3.8) is 0 Å². The molecule has 1 aromatic carbocycles. The molecule has 3 aromatic rings. The number of benzene rings is 1. The zero-order valence-corrected chi connectivity index (χ0v) is 10.7. The van der Waals surface area contributed by atoms with E-state index < -0.39 is 0 Å². The van der Waals surface area contributed by atoms with E-state index in [9.17, 15) is 4.79 Å². The summed E-state index contributed by atoms with van der Waals surface area (Å²) < 4.78 is 1.04. The maximum Gasteiger partial charge on any atom is 0.269 e. The molecule has 3 rings (SSSR count). The van der Waals surface area contributed by atoms with E-state index in [0.29, 0.717) is 15.1 Å². The standard InChI is InChI=1S/C11H8N4OS2/c12-10-13-5-8(17-10)9(16)15-11-14-6-3-1-2-4-7(6)18-11/h1-5H,(H2,12,13)(H,14,15,16). The number of nitrogens with two attached hydrogens (primary N) is 1. The number of carbonyl (C=O) groups is 1. The fourth-order valence-electron chi connectivity index (χ4n) is 1.48. The van der Waals surface area contributed by atoms with Gasteiger partial charge in [0.15, 0.2) is 10.3 Å². The van der Waals surface area contributed by atoms with Crippen molar-refractivity contribution < 1.29 is 4.79 Å². The molecule has 0 aliphatic heterocycles. The summed E-state index contributed by atoms with van der Waals surface area (Å²) in [6.45, 7) is 0. The second-order valence-corrected chi connectivity index (χ2v) is 5.60. The maximum absolute atomic E-state index is 11.9. The van der Waals surface area contributed by atoms with E-state index in [4.69, 9.17) is 5.73 Å². The highest BCUT2D eigenvalue weighted by molar-refractivity contribution is 7.22. The second-order valence-electron chi connectivity index (χ2n) is 3.50. The number of nitrogens with one attached hydrogen (secondary N) is 1. The number of amides is 1. The number of aromatic nitrogens is 2. The molecule has 0 saturated heterocycles. The molecule has 18 heavy (non-hydrogen) atoms. The van der Waals surface area contributed by atoms with E-state index in [1.807, 2.05) is 24.3 Å². The van der Waals surface area contributed by atoms with Gasteiger partial charge >= 0.3 is 0 Å². The molecule has 2 heterocycles. The van der Waals surface area contributed by atoms with Gasteiger partial charge in [-0.3, -0.25) is 10.1 Å². The highest BCUT2D eigenvalue weighted by atomic mass is 32.1. The molecule has 0 fully saturated rings. The Morgan fingerprint density at radius 2 is 2.11 bits per heavy atom. The monoisotopic (exact) mass is 276 g/mol. The number of nitrogens with zero attached hydrogens (tertiary/aromatic N) is 2. The third-order valence-corrected chi connectivity index (χ3v) is 4.04. The Morgan fingerprint density at radius 1 is 1.28 bits per heavy atom. The van der Waals surface area contributed by atoms with Crippen LogP contribution in [0.1, 0.15) is 9.67 Å². The fourth-order valence-corrected chi connectivity index (χ4v) is 2.92. The van der Waals surface area contributed by atoms with Crippen LogP contribution in [0.15, 0.2) is 30.5 Å². The molecule has 0 aliphatic rings. The van der Waals surface area contributed by atoms with Gasteiger partial charge in [-0.15, -0.1) is 0 Å². The van der Waals surface area contributed by atoms with Crippen LogP contribution in [-0.2, 0) is 0 Å². The van der Waals surface area contributed by atoms with Crippen LogP contribution in [0.4, 0.5) is 10.3 Å². The lowest BCUT2D eigenvalue weighted by atomic mass is 10.3. The number of thiazole rings is 2. The average molecular weight is 276 g/mol. The molecule has 0 atom stereocenters. The molecule has 7 heteroatoms. The molecule has 0 spiro atoms. The number of hydrogen-bond acceptors (Lipinski definition) is 6. The van der Waals surface area contributed by atoms with E-state index in [1.54, 1.807) is 0 Å². The Kier molecular flexibility index (Phi) is 2.69. The van der Waals surface area contributed by atoms with Crippen molar-refractivity contribution in [2.24, 2.45) is 0 Å². The molecular weight excluding hydrogens is 268 g/mol. The van der Waals surface area contributed by atoms with Crippen molar-refractivity contribution in [2.75, 3.05) is 11.1 Å². The third kappa shape index (κ3) is 2.05. The fraction of sp³-hybridized carbons (Fsp3) is 0. The van der Waals surface area contributed by atoms with Crippen LogP contribution in [0.5, 0.6) is 0 Å². The van der Waals surface area contributed by atoms with Crippen molar-refractivity contribution >= 4 is 49.1 Å². The molecule has 0 saturated carbocycles. The SMILES string of the molecule is Nc1ncc(C(=O)Nc2nc3ccccc3s2)s1. The maximum atomic E-state index is 11.9. The van der Waals surface area contributed by atoms with Gasteiger partial charge in [-0.25, -0.2) is 9.97 Å². The number of anilines is 2. The number of para-hydroxylation sites is 1. The van der Waals surface area contributed by atoms with E-state index >= 15 is 0 Å². The van der Waals surface area contributed by atoms with Gasteiger partial charge in [0.25, 0.3) is 5.91 Å². The zero-order chi connectivity index (χ0) is 12.5. The van der Waals surface area contributed by atoms with Crippen LogP contribution >= 0.6 is 22.7 Å². The molecular formula is C11H8N4OS2. The predicted octanol–water partition coefficient (Wildman–Crippen LogP) is 2.59. The van der Waals surface area contributed by atoms with Crippen molar-refractivity contribution in [3.05, 3.63) is 35.3 Å². The van der Waals surface area contributed by atoms with Crippen LogP contribution in [0.2, 0.25) is 0 Å². The van der Waals surface area contributed by atoms with Gasteiger partial charge in [-0.05, 0) is 12.1 Å². The number of rotatable bonds is 2. The van der Waals surface area contributed by atoms with E-state index in [0.717, 1.165) is 21.6 Å². The summed E-state index contributed by atoms with van der Waals surface area (Å²) in [6.07, 6.45) is 1.46. The quantitative estimate of drug-likeness (QED) is 0.753. The van der Waals surface area contributed by atoms with Gasteiger partial charge in [-0.2, -0.15) is 0 Å². The molecule has 3 N–H and O–H groups in total. The second kappa shape index (κ2) is 4.35. The topological polar surface area (TPSA) is 80.9 Å². The molecule has 0 unspecified atom stereocenters. The predicted molar refractivity (Wildman–Crippen MR) is 74.1 cm³/mol. The summed E-state index contributed by atoms with van der Waals surface area (Å²) in [7, 11) is 0. The van der Waals surface area contributed by atoms with Crippen molar-refractivity contribution in [1.82, 2.24) is 9.97 Å². The minimum atomic E-state index is -0.233. The normalized spacial score (nSPS) is 10.7. The van der Waals surface area contributed by atoms with Gasteiger partial charge in [-0.1, -0.05) is 34.8 Å². The van der Waals surface area contributed by atoms with Gasteiger partial charge in [0.2, 0.25) is 0 Å². The Bertz CT molecular complexity index is 685. The van der Waals surface area contributed by atoms with Crippen molar-refractivity contribution in [1.29, 1.82) is 0 Å². The first-order valence-electron chi connectivity index (χ1n) is 5.10. The van der Waals surface area contributed by atoms with Crippen LogP contribution < -0.4 is 11.1 Å². The van der Waals surface area contributed by atoms with E-state index in [2.05, 4.69) is 15.3 Å². The molecule has 0 aliphatic carbocycles. The average Bonchev–Trinajstić information content (AvgIpc) is 2.94. The summed E-state index contributed by atoms with van der Waals surface area (Å²) in [5, 5.41) is 3.70. The number of hydrogen-bond donors (Lipinski definition) is 2. The van der Waals surface area contributed by atoms with Gasteiger partial charge in [0.1, 0.15) is 4.88 Å². The summed E-state index contributed by atoms with van der Waals surface area (Å²) in [4.78, 5) is 20.5. The van der Waals surface area contributed by atoms with Gasteiger partial charge in [0, 0.05) is 0 Å². The van der Waals surface area contributed by atoms with E-state index in [-0.39, 0.29) is 5.91 Å². The largest absolute Gasteiger partial charge is 0.375 e. The Labute approximate surface area is 110 Å². The summed E-state index contributed by atoms with van der Waals surface area (Å²) in [5.41, 5.74) is 6.36. The van der Waals surface area contributed by atoms with Gasteiger partial charge in [0.05, 0.1) is 16.4 Å². The Hall–Kier alpha value is -1.99. The lowest BCUT2D eigenvalue weighted by molar-refractivity contribution is 0.103. The summed E-state index contributed by atoms with van der Waals surface area (Å²) in [6, 6.07) is 7.73. The van der Waals surface area contributed by atoms with Crippen LogP contribution in [-0.4, -0.2) is 15.9 Å². The lowest BCUT2D eigenvalue weighted by Gasteiger charge is -1.96. The van der Waals surface area contributed by atoms with Crippen molar-refractivity contribution in [3.8, 4) is 0 Å². The highest BCUT2D eigenvalue weighted by Crippen LogP contribution is 2.26. The van der Waals surface area contributed by atoms with Crippen LogP contribution in [0.3, 0.4) is 0 Å².